The first kappa shape index (κ1) is 21.5. The molecule has 2 atom stereocenters. The second kappa shape index (κ2) is 12.8. The summed E-state index contributed by atoms with van der Waals surface area (Å²) in [6.07, 6.45) is 9.11. The topological polar surface area (TPSA) is 3.24 Å². The van der Waals surface area contributed by atoms with Crippen LogP contribution in [0.25, 0.3) is 0 Å². The third kappa shape index (κ3) is 8.03. The van der Waals surface area contributed by atoms with Gasteiger partial charge in [0.25, 0.3) is 0 Å². The number of benzene rings is 1. The fourth-order valence-corrected chi connectivity index (χ4v) is 3.74. The van der Waals surface area contributed by atoms with Crippen LogP contribution in [0.4, 0.5) is 0 Å². The SMILES string of the molecule is CCCCCC(C)C(CN(CCC)CCCC)c1cccc(Cl)c1. The van der Waals surface area contributed by atoms with E-state index >= 15 is 0 Å². The fraction of sp³-hybridized carbons (Fsp3) is 0.727. The van der Waals surface area contributed by atoms with Gasteiger partial charge in [0.2, 0.25) is 0 Å². The Labute approximate surface area is 155 Å². The molecule has 0 aliphatic heterocycles. The molecule has 0 amide bonds. The van der Waals surface area contributed by atoms with Gasteiger partial charge in [0.05, 0.1) is 0 Å². The smallest absolute Gasteiger partial charge is 0.0408 e. The summed E-state index contributed by atoms with van der Waals surface area (Å²) in [7, 11) is 0. The zero-order valence-corrected chi connectivity index (χ0v) is 17.1. The first-order chi connectivity index (χ1) is 11.6. The number of halogens is 1. The average Bonchev–Trinajstić information content (AvgIpc) is 2.57. The molecular formula is C22H38ClN. The molecule has 0 heterocycles. The van der Waals surface area contributed by atoms with E-state index in [1.807, 2.05) is 6.07 Å². The number of hydrogen-bond donors (Lipinski definition) is 0. The average molecular weight is 352 g/mol. The van der Waals surface area contributed by atoms with Gasteiger partial charge in [-0.1, -0.05) is 83.5 Å². The third-order valence-electron chi connectivity index (χ3n) is 5.05. The first-order valence-electron chi connectivity index (χ1n) is 10.1. The van der Waals surface area contributed by atoms with Gasteiger partial charge < -0.3 is 4.90 Å². The van der Waals surface area contributed by atoms with Gasteiger partial charge in [0, 0.05) is 11.6 Å². The van der Waals surface area contributed by atoms with E-state index in [1.54, 1.807) is 0 Å². The summed E-state index contributed by atoms with van der Waals surface area (Å²) < 4.78 is 0. The lowest BCUT2D eigenvalue weighted by Gasteiger charge is -2.31. The van der Waals surface area contributed by atoms with Gasteiger partial charge in [-0.25, -0.2) is 0 Å². The van der Waals surface area contributed by atoms with Crippen LogP contribution in [0.15, 0.2) is 24.3 Å². The highest BCUT2D eigenvalue weighted by Gasteiger charge is 2.22. The normalized spacial score (nSPS) is 14.1. The molecular weight excluding hydrogens is 314 g/mol. The number of nitrogens with zero attached hydrogens (tertiary/aromatic N) is 1. The molecule has 2 heteroatoms. The molecule has 2 unspecified atom stereocenters. The standard InChI is InChI=1S/C22H38ClN/c1-5-8-10-12-19(4)22(20-13-11-14-21(23)17-20)18-24(15-7-3)16-9-6-2/h11,13-14,17,19,22H,5-10,12,15-16,18H2,1-4H3. The minimum atomic E-state index is 0.587. The zero-order valence-electron chi connectivity index (χ0n) is 16.4. The third-order valence-corrected chi connectivity index (χ3v) is 5.28. The highest BCUT2D eigenvalue weighted by molar-refractivity contribution is 6.30. The predicted molar refractivity (Wildman–Crippen MR) is 109 cm³/mol. The number of unbranched alkanes of at least 4 members (excludes halogenated alkanes) is 3. The molecule has 0 aliphatic carbocycles. The number of rotatable bonds is 13. The van der Waals surface area contributed by atoms with Crippen molar-refractivity contribution in [3.63, 3.8) is 0 Å². The summed E-state index contributed by atoms with van der Waals surface area (Å²) in [6.45, 7) is 12.9. The van der Waals surface area contributed by atoms with Crippen LogP contribution in [0.3, 0.4) is 0 Å². The highest BCUT2D eigenvalue weighted by atomic mass is 35.5. The zero-order chi connectivity index (χ0) is 17.8. The van der Waals surface area contributed by atoms with E-state index in [2.05, 4.69) is 50.8 Å². The quantitative estimate of drug-likeness (QED) is 0.341. The van der Waals surface area contributed by atoms with E-state index in [4.69, 9.17) is 11.6 Å². The Morgan fingerprint density at radius 3 is 2.33 bits per heavy atom. The molecule has 1 nitrogen and oxygen atoms in total. The van der Waals surface area contributed by atoms with Gasteiger partial charge in [-0.2, -0.15) is 0 Å². The van der Waals surface area contributed by atoms with E-state index < -0.39 is 0 Å². The molecule has 0 spiro atoms. The molecule has 1 aromatic carbocycles. The summed E-state index contributed by atoms with van der Waals surface area (Å²) in [5, 5.41) is 0.869. The molecule has 1 aromatic rings. The van der Waals surface area contributed by atoms with Gasteiger partial charge >= 0.3 is 0 Å². The molecule has 0 saturated carbocycles. The largest absolute Gasteiger partial charge is 0.303 e. The maximum absolute atomic E-state index is 6.29. The summed E-state index contributed by atoms with van der Waals surface area (Å²) in [4.78, 5) is 2.67. The van der Waals surface area contributed by atoms with Crippen LogP contribution in [0.2, 0.25) is 5.02 Å². The molecule has 0 aromatic heterocycles. The first-order valence-corrected chi connectivity index (χ1v) is 10.5. The van der Waals surface area contributed by atoms with Crippen LogP contribution in [-0.4, -0.2) is 24.5 Å². The van der Waals surface area contributed by atoms with E-state index in [0.717, 1.165) is 5.02 Å². The Kier molecular flexibility index (Phi) is 11.5. The molecule has 0 bridgehead atoms. The van der Waals surface area contributed by atoms with Gasteiger partial charge in [-0.05, 0) is 55.5 Å². The Bertz CT molecular complexity index is 432. The van der Waals surface area contributed by atoms with Crippen LogP contribution >= 0.6 is 11.6 Å². The van der Waals surface area contributed by atoms with Crippen LogP contribution < -0.4 is 0 Å². The Hall–Kier alpha value is -0.530. The maximum atomic E-state index is 6.29. The lowest BCUT2D eigenvalue weighted by atomic mass is 9.83. The molecule has 0 fully saturated rings. The maximum Gasteiger partial charge on any atom is 0.0408 e. The van der Waals surface area contributed by atoms with Gasteiger partial charge in [-0.15, -0.1) is 0 Å². The van der Waals surface area contributed by atoms with Gasteiger partial charge in [0.1, 0.15) is 0 Å². The van der Waals surface area contributed by atoms with Crippen molar-refractivity contribution in [3.8, 4) is 0 Å². The summed E-state index contributed by atoms with van der Waals surface area (Å²) in [6, 6.07) is 8.56. The molecule has 1 rings (SSSR count). The van der Waals surface area contributed by atoms with Crippen molar-refractivity contribution >= 4 is 11.6 Å². The monoisotopic (exact) mass is 351 g/mol. The molecule has 0 aliphatic rings. The second-order valence-corrected chi connectivity index (χ2v) is 7.73. The molecule has 24 heavy (non-hydrogen) atoms. The summed E-state index contributed by atoms with van der Waals surface area (Å²) >= 11 is 6.29. The van der Waals surface area contributed by atoms with Crippen LogP contribution in [-0.2, 0) is 0 Å². The van der Waals surface area contributed by atoms with Crippen LogP contribution in [0, 0.1) is 5.92 Å². The number of hydrogen-bond acceptors (Lipinski definition) is 1. The molecule has 138 valence electrons. The minimum absolute atomic E-state index is 0.587. The minimum Gasteiger partial charge on any atom is -0.303 e. The van der Waals surface area contributed by atoms with Crippen molar-refractivity contribution in [2.24, 2.45) is 5.92 Å². The summed E-state index contributed by atoms with van der Waals surface area (Å²) in [5.74, 6) is 1.29. The van der Waals surface area contributed by atoms with Crippen molar-refractivity contribution in [3.05, 3.63) is 34.9 Å². The van der Waals surface area contributed by atoms with Crippen molar-refractivity contribution in [1.29, 1.82) is 0 Å². The second-order valence-electron chi connectivity index (χ2n) is 7.29. The molecule has 0 N–H and O–H groups in total. The lowest BCUT2D eigenvalue weighted by molar-refractivity contribution is 0.224. The van der Waals surface area contributed by atoms with Crippen molar-refractivity contribution in [1.82, 2.24) is 4.90 Å². The van der Waals surface area contributed by atoms with E-state index in [-0.39, 0.29) is 0 Å². The molecule has 0 saturated heterocycles. The Morgan fingerprint density at radius 2 is 1.71 bits per heavy atom. The van der Waals surface area contributed by atoms with E-state index in [9.17, 15) is 0 Å². The highest BCUT2D eigenvalue weighted by Crippen LogP contribution is 2.31. The Morgan fingerprint density at radius 1 is 0.958 bits per heavy atom. The predicted octanol–water partition coefficient (Wildman–Crippen LogP) is 7.15. The van der Waals surface area contributed by atoms with Gasteiger partial charge in [-0.3, -0.25) is 0 Å². The summed E-state index contributed by atoms with van der Waals surface area (Å²) in [5.41, 5.74) is 1.42. The Balaban J connectivity index is 2.85. The van der Waals surface area contributed by atoms with Gasteiger partial charge in [0.15, 0.2) is 0 Å². The van der Waals surface area contributed by atoms with Crippen LogP contribution in [0.1, 0.15) is 84.1 Å². The van der Waals surface area contributed by atoms with Crippen molar-refractivity contribution in [2.45, 2.75) is 78.6 Å². The van der Waals surface area contributed by atoms with E-state index in [0.29, 0.717) is 11.8 Å². The molecule has 0 radical (unpaired) electrons. The van der Waals surface area contributed by atoms with Crippen molar-refractivity contribution in [2.75, 3.05) is 19.6 Å². The lowest BCUT2D eigenvalue weighted by Crippen LogP contribution is -2.32. The fourth-order valence-electron chi connectivity index (χ4n) is 3.54. The van der Waals surface area contributed by atoms with E-state index in [1.165, 1.54) is 70.1 Å². The van der Waals surface area contributed by atoms with Crippen molar-refractivity contribution < 1.29 is 0 Å². The van der Waals surface area contributed by atoms with Crippen LogP contribution in [0.5, 0.6) is 0 Å².